The zero-order chi connectivity index (χ0) is 14.3. The summed E-state index contributed by atoms with van der Waals surface area (Å²) >= 11 is 5.43. The van der Waals surface area contributed by atoms with E-state index in [1.54, 1.807) is 0 Å². The number of halogens is 1. The van der Waals surface area contributed by atoms with Crippen LogP contribution >= 0.6 is 27.7 Å². The molecule has 4 heteroatoms. The molecule has 21 heavy (non-hydrogen) atoms. The molecule has 1 fully saturated rings. The van der Waals surface area contributed by atoms with E-state index in [0.717, 1.165) is 4.47 Å². The average molecular weight is 361 g/mol. The molecule has 0 radical (unpaired) electrons. The van der Waals surface area contributed by atoms with Crippen LogP contribution < -0.4 is 0 Å². The van der Waals surface area contributed by atoms with Crippen molar-refractivity contribution in [1.82, 2.24) is 9.80 Å². The van der Waals surface area contributed by atoms with E-state index in [4.69, 9.17) is 0 Å². The number of nitrogens with zero attached hydrogens (tertiary/aromatic N) is 2. The first-order valence-corrected chi connectivity index (χ1v) is 9.01. The fourth-order valence-electron chi connectivity index (χ4n) is 3.25. The Balaban J connectivity index is 1.71. The predicted molar refractivity (Wildman–Crippen MR) is 93.4 cm³/mol. The Kier molecular flexibility index (Phi) is 3.48. The van der Waals surface area contributed by atoms with Crippen LogP contribution in [-0.2, 0) is 0 Å². The first-order chi connectivity index (χ1) is 10.3. The second-order valence-corrected chi connectivity index (χ2v) is 7.54. The quantitative estimate of drug-likeness (QED) is 0.758. The van der Waals surface area contributed by atoms with Gasteiger partial charge in [-0.05, 0) is 48.1 Å². The first-order valence-electron chi connectivity index (χ1n) is 7.34. The number of thioether (sulfide) groups is 1. The normalized spacial score (nSPS) is 28.0. The van der Waals surface area contributed by atoms with Crippen molar-refractivity contribution >= 4 is 33.4 Å². The molecule has 1 atom stereocenters. The van der Waals surface area contributed by atoms with Crippen LogP contribution in [-0.4, -0.2) is 27.9 Å². The minimum atomic E-state index is -0.0480. The van der Waals surface area contributed by atoms with Gasteiger partial charge in [0.05, 0.1) is 5.70 Å². The lowest BCUT2D eigenvalue weighted by Gasteiger charge is -2.44. The van der Waals surface area contributed by atoms with Gasteiger partial charge in [0.2, 0.25) is 0 Å². The third-order valence-electron chi connectivity index (χ3n) is 4.31. The summed E-state index contributed by atoms with van der Waals surface area (Å²) < 4.78 is 1.12. The highest BCUT2D eigenvalue weighted by Crippen LogP contribution is 2.50. The molecule has 0 spiro atoms. The lowest BCUT2D eigenvalue weighted by molar-refractivity contribution is 0.154. The first kappa shape index (κ1) is 13.7. The van der Waals surface area contributed by atoms with Gasteiger partial charge in [0.15, 0.2) is 4.99 Å². The van der Waals surface area contributed by atoms with E-state index in [2.05, 4.69) is 79.8 Å². The van der Waals surface area contributed by atoms with Crippen LogP contribution in [0.4, 0.5) is 0 Å². The van der Waals surface area contributed by atoms with Gasteiger partial charge in [-0.3, -0.25) is 4.90 Å². The summed E-state index contributed by atoms with van der Waals surface area (Å²) in [6, 6.07) is 8.59. The van der Waals surface area contributed by atoms with E-state index in [1.165, 1.54) is 37.2 Å². The van der Waals surface area contributed by atoms with Crippen LogP contribution in [0.2, 0.25) is 0 Å². The van der Waals surface area contributed by atoms with Crippen molar-refractivity contribution in [3.8, 4) is 0 Å². The molecule has 0 aliphatic carbocycles. The van der Waals surface area contributed by atoms with E-state index >= 15 is 0 Å². The maximum atomic E-state index is 3.52. The van der Waals surface area contributed by atoms with Gasteiger partial charge in [-0.15, -0.1) is 0 Å². The van der Waals surface area contributed by atoms with Crippen molar-refractivity contribution in [2.24, 2.45) is 0 Å². The molecule has 0 aromatic heterocycles. The van der Waals surface area contributed by atoms with Gasteiger partial charge in [-0.25, -0.2) is 0 Å². The molecule has 1 aromatic rings. The van der Waals surface area contributed by atoms with Crippen LogP contribution in [0, 0.1) is 0 Å². The third-order valence-corrected chi connectivity index (χ3v) is 6.12. The van der Waals surface area contributed by atoms with Crippen molar-refractivity contribution in [3.05, 3.63) is 64.1 Å². The Morgan fingerprint density at radius 1 is 1.05 bits per heavy atom. The maximum Gasteiger partial charge on any atom is 0.169 e. The highest BCUT2D eigenvalue weighted by atomic mass is 79.9. The zero-order valence-electron chi connectivity index (χ0n) is 11.7. The van der Waals surface area contributed by atoms with Crippen molar-refractivity contribution in [3.63, 3.8) is 0 Å². The van der Waals surface area contributed by atoms with E-state index in [-0.39, 0.29) is 4.99 Å². The summed E-state index contributed by atoms with van der Waals surface area (Å²) in [5, 5.41) is 2.31. The minimum absolute atomic E-state index is 0.0480. The molecular formula is C17H17BrN2S. The standard InChI is InChI=1S/C17H17BrN2S/c18-15-7-5-14(6-8-15)16-13-21-17(19-10-3-4-11-19)9-1-2-12-20(16)17/h1-2,5-9,12-13H,3-4,10-11H2. The number of benzene rings is 1. The summed E-state index contributed by atoms with van der Waals surface area (Å²) in [5.41, 5.74) is 2.56. The number of hydrogen-bond acceptors (Lipinski definition) is 3. The molecule has 108 valence electrons. The lowest BCUT2D eigenvalue weighted by Crippen LogP contribution is -2.51. The van der Waals surface area contributed by atoms with Crippen LogP contribution in [0.3, 0.4) is 0 Å². The van der Waals surface area contributed by atoms with E-state index < -0.39 is 0 Å². The Hall–Kier alpha value is -0.970. The van der Waals surface area contributed by atoms with Crippen molar-refractivity contribution in [2.45, 2.75) is 17.8 Å². The Morgan fingerprint density at radius 3 is 2.57 bits per heavy atom. The molecule has 1 unspecified atom stereocenters. The Morgan fingerprint density at radius 2 is 1.81 bits per heavy atom. The molecule has 3 aliphatic heterocycles. The molecule has 3 heterocycles. The Bertz CT molecular complexity index is 629. The van der Waals surface area contributed by atoms with E-state index in [1.807, 2.05) is 11.8 Å². The summed E-state index contributed by atoms with van der Waals surface area (Å²) in [6.45, 7) is 2.37. The van der Waals surface area contributed by atoms with Crippen LogP contribution in [0.1, 0.15) is 18.4 Å². The van der Waals surface area contributed by atoms with E-state index in [0.29, 0.717) is 0 Å². The number of rotatable bonds is 2. The topological polar surface area (TPSA) is 6.48 Å². The number of likely N-dealkylation sites (tertiary alicyclic amines) is 1. The van der Waals surface area contributed by atoms with E-state index in [9.17, 15) is 0 Å². The van der Waals surface area contributed by atoms with Crippen LogP contribution in [0.15, 0.2) is 58.6 Å². The molecule has 0 N–H and O–H groups in total. The highest BCUT2D eigenvalue weighted by Gasteiger charge is 2.46. The van der Waals surface area contributed by atoms with Gasteiger partial charge in [0, 0.05) is 23.8 Å². The number of hydrogen-bond donors (Lipinski definition) is 0. The molecule has 0 amide bonds. The van der Waals surface area contributed by atoms with Gasteiger partial charge in [-0.1, -0.05) is 45.9 Å². The molecule has 3 aliphatic rings. The lowest BCUT2D eigenvalue weighted by atomic mass is 10.1. The number of allylic oxidation sites excluding steroid dienone is 2. The fraction of sp³-hybridized carbons (Fsp3) is 0.294. The van der Waals surface area contributed by atoms with Gasteiger partial charge in [0.1, 0.15) is 0 Å². The number of fused-ring (bicyclic) bond motifs is 1. The van der Waals surface area contributed by atoms with Gasteiger partial charge >= 0.3 is 0 Å². The maximum absolute atomic E-state index is 3.52. The summed E-state index contributed by atoms with van der Waals surface area (Å²) in [4.78, 5) is 4.97. The highest BCUT2D eigenvalue weighted by molar-refractivity contribution is 9.10. The Labute approximate surface area is 138 Å². The fourth-order valence-corrected chi connectivity index (χ4v) is 4.81. The van der Waals surface area contributed by atoms with Crippen molar-refractivity contribution in [1.29, 1.82) is 0 Å². The van der Waals surface area contributed by atoms with Crippen LogP contribution in [0.25, 0.3) is 5.70 Å². The zero-order valence-corrected chi connectivity index (χ0v) is 14.1. The van der Waals surface area contributed by atoms with Gasteiger partial charge < -0.3 is 4.90 Å². The largest absolute Gasteiger partial charge is 0.316 e. The second kappa shape index (κ2) is 5.34. The average Bonchev–Trinajstić information content (AvgIpc) is 3.16. The smallest absolute Gasteiger partial charge is 0.169 e. The molecule has 1 aromatic carbocycles. The molecule has 0 saturated carbocycles. The summed E-state index contributed by atoms with van der Waals surface area (Å²) in [6.07, 6.45) is 11.5. The predicted octanol–water partition coefficient (Wildman–Crippen LogP) is 4.63. The van der Waals surface area contributed by atoms with Crippen LogP contribution in [0.5, 0.6) is 0 Å². The van der Waals surface area contributed by atoms with Crippen molar-refractivity contribution < 1.29 is 0 Å². The van der Waals surface area contributed by atoms with Crippen molar-refractivity contribution in [2.75, 3.05) is 13.1 Å². The molecule has 4 rings (SSSR count). The van der Waals surface area contributed by atoms with Gasteiger partial charge in [-0.2, -0.15) is 0 Å². The SMILES string of the molecule is Brc1ccc(C2=CSC3(N4CCCC4)C=CC=CN23)cc1. The summed E-state index contributed by atoms with van der Waals surface area (Å²) in [7, 11) is 0. The third kappa shape index (κ3) is 2.20. The summed E-state index contributed by atoms with van der Waals surface area (Å²) in [5.74, 6) is 0. The molecular weight excluding hydrogens is 344 g/mol. The second-order valence-electron chi connectivity index (χ2n) is 5.55. The molecule has 1 saturated heterocycles. The molecule has 2 nitrogen and oxygen atoms in total. The van der Waals surface area contributed by atoms with Gasteiger partial charge in [0.25, 0.3) is 0 Å². The molecule has 0 bridgehead atoms. The minimum Gasteiger partial charge on any atom is -0.316 e. The monoisotopic (exact) mass is 360 g/mol.